The van der Waals surface area contributed by atoms with E-state index in [1.807, 2.05) is 0 Å². The summed E-state index contributed by atoms with van der Waals surface area (Å²) in [6.45, 7) is 0.169. The van der Waals surface area contributed by atoms with Crippen molar-refractivity contribution < 1.29 is 13.5 Å². The van der Waals surface area contributed by atoms with Crippen LogP contribution in [0.2, 0.25) is 0 Å². The molecule has 0 N–H and O–H groups in total. The minimum Gasteiger partial charge on any atom is -0.366 e. The minimum absolute atomic E-state index is 0.0347. The summed E-state index contributed by atoms with van der Waals surface area (Å²) in [5.74, 6) is -2.82. The van der Waals surface area contributed by atoms with Gasteiger partial charge in [0, 0.05) is 5.56 Å². The molecule has 1 saturated heterocycles. The van der Waals surface area contributed by atoms with E-state index >= 15 is 0 Å². The van der Waals surface area contributed by atoms with Crippen molar-refractivity contribution in [2.24, 2.45) is 0 Å². The number of hydrogen-bond donors (Lipinski definition) is 0. The first-order chi connectivity index (χ1) is 5.71. The molecule has 0 radical (unpaired) electrons. The normalized spacial score (nSPS) is 22.3. The highest BCUT2D eigenvalue weighted by atomic mass is 19.3. The molecule has 1 heterocycles. The van der Waals surface area contributed by atoms with Crippen LogP contribution in [0.15, 0.2) is 30.3 Å². The molecule has 1 fully saturated rings. The molecule has 1 aliphatic heterocycles. The first kappa shape index (κ1) is 7.68. The lowest BCUT2D eigenvalue weighted by molar-refractivity contribution is -0.0321. The van der Waals surface area contributed by atoms with Crippen LogP contribution in [0.1, 0.15) is 5.56 Å². The van der Waals surface area contributed by atoms with Gasteiger partial charge in [-0.15, -0.1) is 0 Å². The number of alkyl halides is 2. The van der Waals surface area contributed by atoms with Gasteiger partial charge < -0.3 is 4.74 Å². The van der Waals surface area contributed by atoms with E-state index in [0.29, 0.717) is 0 Å². The summed E-state index contributed by atoms with van der Waals surface area (Å²) in [7, 11) is 0. The predicted octanol–water partition coefficient (Wildman–Crippen LogP) is 2.18. The van der Waals surface area contributed by atoms with E-state index < -0.39 is 12.0 Å². The number of benzene rings is 1. The smallest absolute Gasteiger partial charge is 0.301 e. The van der Waals surface area contributed by atoms with Gasteiger partial charge in [0.25, 0.3) is 0 Å². The van der Waals surface area contributed by atoms with E-state index in [4.69, 9.17) is 0 Å². The van der Waals surface area contributed by atoms with Gasteiger partial charge in [-0.05, 0) is 0 Å². The third-order valence-corrected chi connectivity index (χ3v) is 1.90. The van der Waals surface area contributed by atoms with Crippen molar-refractivity contribution in [2.45, 2.75) is 12.0 Å². The molecule has 2 rings (SSSR count). The molecule has 1 nitrogen and oxygen atoms in total. The quantitative estimate of drug-likeness (QED) is 0.620. The summed E-state index contributed by atoms with van der Waals surface area (Å²) in [5, 5.41) is 0. The standard InChI is InChI=1S/C9H8F2O/c10-9(11,8-6-12-8)7-4-2-1-3-5-7/h1-5,8H,6H2/t8-/m1/s1. The first-order valence-corrected chi connectivity index (χ1v) is 3.76. The fraction of sp³-hybridized carbons (Fsp3) is 0.333. The first-order valence-electron chi connectivity index (χ1n) is 3.76. The van der Waals surface area contributed by atoms with Gasteiger partial charge in [-0.3, -0.25) is 0 Å². The Kier molecular flexibility index (Phi) is 1.61. The Hall–Kier alpha value is -0.960. The number of hydrogen-bond acceptors (Lipinski definition) is 1. The number of epoxide rings is 1. The maximum absolute atomic E-state index is 13.2. The van der Waals surface area contributed by atoms with Gasteiger partial charge in [0.2, 0.25) is 0 Å². The van der Waals surface area contributed by atoms with Crippen molar-refractivity contribution in [3.63, 3.8) is 0 Å². The molecule has 12 heavy (non-hydrogen) atoms. The van der Waals surface area contributed by atoms with Crippen LogP contribution >= 0.6 is 0 Å². The second-order valence-electron chi connectivity index (χ2n) is 2.81. The summed E-state index contributed by atoms with van der Waals surface area (Å²) in [6.07, 6.45) is -0.903. The monoisotopic (exact) mass is 170 g/mol. The summed E-state index contributed by atoms with van der Waals surface area (Å²) >= 11 is 0. The van der Waals surface area contributed by atoms with E-state index in [1.165, 1.54) is 12.1 Å². The Bertz CT molecular complexity index is 267. The van der Waals surface area contributed by atoms with E-state index in [0.717, 1.165) is 0 Å². The van der Waals surface area contributed by atoms with E-state index in [2.05, 4.69) is 4.74 Å². The number of rotatable bonds is 2. The van der Waals surface area contributed by atoms with Crippen molar-refractivity contribution in [3.05, 3.63) is 35.9 Å². The topological polar surface area (TPSA) is 12.5 Å². The SMILES string of the molecule is FC(F)(c1ccccc1)[C@H]1CO1. The summed E-state index contributed by atoms with van der Waals surface area (Å²) in [4.78, 5) is 0. The fourth-order valence-electron chi connectivity index (χ4n) is 1.10. The molecule has 0 aromatic heterocycles. The van der Waals surface area contributed by atoms with Crippen molar-refractivity contribution >= 4 is 0 Å². The predicted molar refractivity (Wildman–Crippen MR) is 40.1 cm³/mol. The van der Waals surface area contributed by atoms with Crippen molar-refractivity contribution in [1.29, 1.82) is 0 Å². The van der Waals surface area contributed by atoms with Crippen LogP contribution in [0.3, 0.4) is 0 Å². The fourth-order valence-corrected chi connectivity index (χ4v) is 1.10. The van der Waals surface area contributed by atoms with Crippen molar-refractivity contribution in [1.82, 2.24) is 0 Å². The zero-order valence-electron chi connectivity index (χ0n) is 6.34. The Morgan fingerprint density at radius 3 is 2.33 bits per heavy atom. The van der Waals surface area contributed by atoms with Gasteiger partial charge in [0.15, 0.2) is 0 Å². The third-order valence-electron chi connectivity index (χ3n) is 1.90. The molecule has 64 valence electrons. The summed E-state index contributed by atoms with van der Waals surface area (Å²) in [5.41, 5.74) is 0.0347. The minimum atomic E-state index is -2.82. The average Bonchev–Trinajstić information content (AvgIpc) is 2.88. The molecule has 0 saturated carbocycles. The van der Waals surface area contributed by atoms with E-state index in [9.17, 15) is 8.78 Å². The Morgan fingerprint density at radius 2 is 1.83 bits per heavy atom. The highest BCUT2D eigenvalue weighted by Crippen LogP contribution is 2.39. The summed E-state index contributed by atoms with van der Waals surface area (Å²) in [6, 6.07) is 7.76. The zero-order chi connectivity index (χ0) is 8.60. The lowest BCUT2D eigenvalue weighted by Gasteiger charge is -2.12. The molecule has 3 heteroatoms. The van der Waals surface area contributed by atoms with Gasteiger partial charge in [-0.25, -0.2) is 0 Å². The molecule has 1 atom stereocenters. The van der Waals surface area contributed by atoms with Gasteiger partial charge in [-0.2, -0.15) is 8.78 Å². The van der Waals surface area contributed by atoms with E-state index in [-0.39, 0.29) is 12.2 Å². The highest BCUT2D eigenvalue weighted by Gasteiger charge is 2.49. The van der Waals surface area contributed by atoms with Gasteiger partial charge in [-0.1, -0.05) is 30.3 Å². The molecule has 0 bridgehead atoms. The van der Waals surface area contributed by atoms with E-state index in [1.54, 1.807) is 18.2 Å². The molecular weight excluding hydrogens is 162 g/mol. The molecule has 1 aromatic rings. The molecule has 1 aromatic carbocycles. The van der Waals surface area contributed by atoms with Crippen LogP contribution in [-0.2, 0) is 10.7 Å². The number of ether oxygens (including phenoxy) is 1. The van der Waals surface area contributed by atoms with Gasteiger partial charge >= 0.3 is 5.92 Å². The van der Waals surface area contributed by atoms with Crippen LogP contribution < -0.4 is 0 Å². The van der Waals surface area contributed by atoms with Crippen LogP contribution in [0.25, 0.3) is 0 Å². The Labute approximate surface area is 69.0 Å². The molecule has 0 spiro atoms. The summed E-state index contributed by atoms with van der Waals surface area (Å²) < 4.78 is 31.0. The third kappa shape index (κ3) is 1.20. The Balaban J connectivity index is 2.28. The molecule has 0 aliphatic carbocycles. The number of halogens is 2. The zero-order valence-corrected chi connectivity index (χ0v) is 6.34. The lowest BCUT2D eigenvalue weighted by atomic mass is 10.1. The van der Waals surface area contributed by atoms with Crippen molar-refractivity contribution in [2.75, 3.05) is 6.61 Å². The molecular formula is C9H8F2O. The lowest BCUT2D eigenvalue weighted by Crippen LogP contribution is -2.20. The molecule has 0 amide bonds. The Morgan fingerprint density at radius 1 is 1.25 bits per heavy atom. The second-order valence-corrected chi connectivity index (χ2v) is 2.81. The van der Waals surface area contributed by atoms with Crippen LogP contribution in [0.4, 0.5) is 8.78 Å². The largest absolute Gasteiger partial charge is 0.366 e. The maximum Gasteiger partial charge on any atom is 0.301 e. The van der Waals surface area contributed by atoms with Crippen LogP contribution in [-0.4, -0.2) is 12.7 Å². The highest BCUT2D eigenvalue weighted by molar-refractivity contribution is 5.22. The molecule has 1 aliphatic rings. The van der Waals surface area contributed by atoms with Crippen LogP contribution in [0, 0.1) is 0 Å². The maximum atomic E-state index is 13.2. The second kappa shape index (κ2) is 2.52. The molecule has 0 unspecified atom stereocenters. The van der Waals surface area contributed by atoms with Gasteiger partial charge in [0.1, 0.15) is 6.10 Å². The average molecular weight is 170 g/mol. The van der Waals surface area contributed by atoms with Crippen LogP contribution in [0.5, 0.6) is 0 Å². The van der Waals surface area contributed by atoms with Gasteiger partial charge in [0.05, 0.1) is 6.61 Å². The van der Waals surface area contributed by atoms with Crippen molar-refractivity contribution in [3.8, 4) is 0 Å².